The number of anilines is 1. The first-order valence-electron chi connectivity index (χ1n) is 8.30. The molecule has 28 heavy (non-hydrogen) atoms. The van der Waals surface area contributed by atoms with Gasteiger partial charge in [-0.25, -0.2) is 4.39 Å². The van der Waals surface area contributed by atoms with Crippen molar-refractivity contribution in [3.05, 3.63) is 89.6 Å². The van der Waals surface area contributed by atoms with Crippen molar-refractivity contribution >= 4 is 34.8 Å². The molecule has 0 atom stereocenters. The van der Waals surface area contributed by atoms with Gasteiger partial charge in [-0.2, -0.15) is 0 Å². The summed E-state index contributed by atoms with van der Waals surface area (Å²) in [6, 6.07) is 15.3. The molecule has 6 nitrogen and oxygen atoms in total. The van der Waals surface area contributed by atoms with Crippen molar-refractivity contribution < 1.29 is 18.4 Å². The van der Waals surface area contributed by atoms with Crippen LogP contribution >= 0.6 is 12.2 Å². The minimum Gasteiger partial charge on any atom is -0.467 e. The monoisotopic (exact) mass is 397 g/mol. The highest BCUT2D eigenvalue weighted by molar-refractivity contribution is 7.80. The molecule has 2 aromatic carbocycles. The van der Waals surface area contributed by atoms with Crippen molar-refractivity contribution in [2.45, 2.75) is 6.54 Å². The van der Waals surface area contributed by atoms with Crippen LogP contribution in [0, 0.1) is 5.82 Å². The smallest absolute Gasteiger partial charge is 0.257 e. The number of thiocarbonyl (C=S) groups is 1. The molecule has 0 spiro atoms. The Kier molecular flexibility index (Phi) is 6.13. The average Bonchev–Trinajstić information content (AvgIpc) is 3.20. The molecule has 3 rings (SSSR count). The highest BCUT2D eigenvalue weighted by Crippen LogP contribution is 2.15. The fourth-order valence-corrected chi connectivity index (χ4v) is 2.60. The molecule has 0 fully saturated rings. The van der Waals surface area contributed by atoms with Crippen LogP contribution in [-0.2, 0) is 6.54 Å². The van der Waals surface area contributed by atoms with Crippen LogP contribution in [0.25, 0.3) is 0 Å². The van der Waals surface area contributed by atoms with Gasteiger partial charge in [-0.1, -0.05) is 12.1 Å². The van der Waals surface area contributed by atoms with Gasteiger partial charge < -0.3 is 15.1 Å². The largest absolute Gasteiger partial charge is 0.467 e. The van der Waals surface area contributed by atoms with Crippen LogP contribution in [0.1, 0.15) is 26.5 Å². The Hall–Kier alpha value is -3.52. The van der Waals surface area contributed by atoms with Gasteiger partial charge >= 0.3 is 0 Å². The molecule has 1 aromatic heterocycles. The van der Waals surface area contributed by atoms with Gasteiger partial charge in [-0.15, -0.1) is 0 Å². The summed E-state index contributed by atoms with van der Waals surface area (Å²) >= 11 is 5.15. The number of furan rings is 1. The zero-order chi connectivity index (χ0) is 19.9. The first kappa shape index (κ1) is 19.2. The number of nitrogens with one attached hydrogen (secondary N) is 3. The number of carbonyl (C=O) groups is 2. The second-order valence-electron chi connectivity index (χ2n) is 5.72. The van der Waals surface area contributed by atoms with E-state index in [1.54, 1.807) is 36.4 Å². The standard InChI is InChI=1S/C20H16FN3O3S/c21-14-9-7-13(8-10-14)18(25)24-20(28)23-17-6-2-1-5-16(17)19(26)22-12-15-4-3-11-27-15/h1-11H,12H2,(H,22,26)(H2,23,24,25,28). The summed E-state index contributed by atoms with van der Waals surface area (Å²) in [6.07, 6.45) is 1.53. The van der Waals surface area contributed by atoms with E-state index in [-0.39, 0.29) is 23.1 Å². The molecule has 0 saturated heterocycles. The molecule has 1 heterocycles. The normalized spacial score (nSPS) is 10.2. The summed E-state index contributed by atoms with van der Waals surface area (Å²) in [5.74, 6) is -0.628. The van der Waals surface area contributed by atoms with Crippen LogP contribution in [0.4, 0.5) is 10.1 Å². The molecular formula is C20H16FN3O3S. The fourth-order valence-electron chi connectivity index (χ4n) is 2.40. The first-order valence-corrected chi connectivity index (χ1v) is 8.71. The van der Waals surface area contributed by atoms with E-state index in [2.05, 4.69) is 16.0 Å². The van der Waals surface area contributed by atoms with E-state index in [4.69, 9.17) is 16.6 Å². The van der Waals surface area contributed by atoms with Gasteiger partial charge in [0.2, 0.25) is 0 Å². The van der Waals surface area contributed by atoms with Gasteiger partial charge in [0.15, 0.2) is 5.11 Å². The van der Waals surface area contributed by atoms with Crippen LogP contribution < -0.4 is 16.0 Å². The van der Waals surface area contributed by atoms with E-state index < -0.39 is 11.7 Å². The number of hydrogen-bond acceptors (Lipinski definition) is 4. The third-order valence-electron chi connectivity index (χ3n) is 3.76. The molecule has 142 valence electrons. The van der Waals surface area contributed by atoms with Crippen LogP contribution in [0.2, 0.25) is 0 Å². The summed E-state index contributed by atoms with van der Waals surface area (Å²) in [5, 5.41) is 8.10. The second kappa shape index (κ2) is 8.92. The van der Waals surface area contributed by atoms with Gasteiger partial charge in [0.25, 0.3) is 11.8 Å². The third-order valence-corrected chi connectivity index (χ3v) is 3.96. The van der Waals surface area contributed by atoms with Gasteiger partial charge in [0.05, 0.1) is 24.1 Å². The summed E-state index contributed by atoms with van der Waals surface area (Å²) in [4.78, 5) is 24.6. The lowest BCUT2D eigenvalue weighted by atomic mass is 10.1. The lowest BCUT2D eigenvalue weighted by molar-refractivity contribution is 0.0947. The molecule has 2 amide bonds. The van der Waals surface area contributed by atoms with Crippen LogP contribution in [-0.4, -0.2) is 16.9 Å². The maximum atomic E-state index is 13.0. The van der Waals surface area contributed by atoms with Crippen molar-refractivity contribution in [1.29, 1.82) is 0 Å². The Balaban J connectivity index is 1.63. The molecule has 0 aliphatic rings. The quantitative estimate of drug-likeness (QED) is 0.574. The Morgan fingerprint density at radius 2 is 1.71 bits per heavy atom. The molecule has 0 aliphatic carbocycles. The van der Waals surface area contributed by atoms with Crippen LogP contribution in [0.3, 0.4) is 0 Å². The SMILES string of the molecule is O=C(NC(=S)Nc1ccccc1C(=O)NCc1ccco1)c1ccc(F)cc1. The number of hydrogen-bond donors (Lipinski definition) is 3. The van der Waals surface area contributed by atoms with E-state index >= 15 is 0 Å². The Morgan fingerprint density at radius 1 is 0.964 bits per heavy atom. The minimum absolute atomic E-state index is 0.0145. The van der Waals surface area contributed by atoms with Crippen LogP contribution in [0.15, 0.2) is 71.3 Å². The second-order valence-corrected chi connectivity index (χ2v) is 6.13. The van der Waals surface area contributed by atoms with Crippen molar-refractivity contribution in [2.75, 3.05) is 5.32 Å². The highest BCUT2D eigenvalue weighted by atomic mass is 32.1. The minimum atomic E-state index is -0.489. The molecule has 0 radical (unpaired) electrons. The third kappa shape index (κ3) is 5.01. The Morgan fingerprint density at radius 3 is 2.43 bits per heavy atom. The van der Waals surface area contributed by atoms with Gasteiger partial charge in [0.1, 0.15) is 11.6 Å². The molecule has 0 unspecified atom stereocenters. The van der Waals surface area contributed by atoms with E-state index in [1.165, 1.54) is 30.5 Å². The summed E-state index contributed by atoms with van der Waals surface area (Å²) in [5.41, 5.74) is 1.05. The Bertz CT molecular complexity index is 988. The maximum Gasteiger partial charge on any atom is 0.257 e. The molecular weight excluding hydrogens is 381 g/mol. The van der Waals surface area contributed by atoms with E-state index in [0.717, 1.165) is 0 Å². The van der Waals surface area contributed by atoms with Gasteiger partial charge in [-0.3, -0.25) is 14.9 Å². The number of benzene rings is 2. The van der Waals surface area contributed by atoms with Gasteiger partial charge in [-0.05, 0) is 60.7 Å². The van der Waals surface area contributed by atoms with Crippen molar-refractivity contribution in [3.63, 3.8) is 0 Å². The van der Waals surface area contributed by atoms with E-state index in [9.17, 15) is 14.0 Å². The van der Waals surface area contributed by atoms with Gasteiger partial charge in [0, 0.05) is 5.56 Å². The average molecular weight is 397 g/mol. The topological polar surface area (TPSA) is 83.4 Å². The zero-order valence-corrected chi connectivity index (χ0v) is 15.4. The number of amides is 2. The predicted molar refractivity (Wildman–Crippen MR) is 106 cm³/mol. The van der Waals surface area contributed by atoms with Crippen LogP contribution in [0.5, 0.6) is 0 Å². The highest BCUT2D eigenvalue weighted by Gasteiger charge is 2.14. The molecule has 0 bridgehead atoms. The van der Waals surface area contributed by atoms with Crippen molar-refractivity contribution in [3.8, 4) is 0 Å². The van der Waals surface area contributed by atoms with Crippen molar-refractivity contribution in [2.24, 2.45) is 0 Å². The van der Waals surface area contributed by atoms with Crippen molar-refractivity contribution in [1.82, 2.24) is 10.6 Å². The number of rotatable bonds is 5. The lowest BCUT2D eigenvalue weighted by Gasteiger charge is -2.13. The summed E-state index contributed by atoms with van der Waals surface area (Å²) < 4.78 is 18.1. The number of para-hydroxylation sites is 1. The molecule has 8 heteroatoms. The van der Waals surface area contributed by atoms with E-state index in [0.29, 0.717) is 17.0 Å². The lowest BCUT2D eigenvalue weighted by Crippen LogP contribution is -2.35. The first-order chi connectivity index (χ1) is 13.5. The molecule has 0 aliphatic heterocycles. The van der Waals surface area contributed by atoms with E-state index in [1.807, 2.05) is 0 Å². The molecule has 0 saturated carbocycles. The Labute approximate surface area is 165 Å². The summed E-state index contributed by atoms with van der Waals surface area (Å²) in [7, 11) is 0. The zero-order valence-electron chi connectivity index (χ0n) is 14.6. The maximum absolute atomic E-state index is 13.0. The summed E-state index contributed by atoms with van der Waals surface area (Å²) in [6.45, 7) is 0.242. The predicted octanol–water partition coefficient (Wildman–Crippen LogP) is 3.48. The number of carbonyl (C=O) groups excluding carboxylic acids is 2. The fraction of sp³-hybridized carbons (Fsp3) is 0.0500. The molecule has 3 N–H and O–H groups in total. The molecule has 3 aromatic rings. The number of halogens is 1.